The van der Waals surface area contributed by atoms with Gasteiger partial charge in [0.25, 0.3) is 0 Å². The van der Waals surface area contributed by atoms with E-state index in [1.54, 1.807) is 24.3 Å². The van der Waals surface area contributed by atoms with Crippen LogP contribution >= 0.6 is 0 Å². The Bertz CT molecular complexity index is 787. The van der Waals surface area contributed by atoms with Crippen LogP contribution in [0.15, 0.2) is 66.9 Å². The zero-order chi connectivity index (χ0) is 15.4. The first-order valence-corrected chi connectivity index (χ1v) is 6.62. The Labute approximate surface area is 126 Å². The zero-order valence-corrected chi connectivity index (χ0v) is 11.5. The van der Waals surface area contributed by atoms with E-state index in [4.69, 9.17) is 9.84 Å². The molecule has 0 bridgehead atoms. The fraction of sp³-hybridized carbons (Fsp3) is 0. The molecule has 0 saturated heterocycles. The number of para-hydroxylation sites is 1. The van der Waals surface area contributed by atoms with Gasteiger partial charge < -0.3 is 9.84 Å². The number of hydrogen-bond donors (Lipinski definition) is 1. The Morgan fingerprint density at radius 2 is 1.59 bits per heavy atom. The van der Waals surface area contributed by atoms with Crippen molar-refractivity contribution in [3.63, 3.8) is 0 Å². The van der Waals surface area contributed by atoms with Crippen molar-refractivity contribution in [1.82, 2.24) is 9.97 Å². The fourth-order valence-corrected chi connectivity index (χ4v) is 1.91. The first-order chi connectivity index (χ1) is 10.7. The third-order valence-electron chi connectivity index (χ3n) is 2.97. The maximum absolute atomic E-state index is 10.9. The predicted molar refractivity (Wildman–Crippen MR) is 80.9 cm³/mol. The normalized spacial score (nSPS) is 10.2. The standard InChI is InChI=1S/C17H12N2O3/c20-17(21)15-10-11-18-16(19-15)12-6-8-14(9-7-12)22-13-4-2-1-3-5-13/h1-11H,(H,20,21). The fourth-order valence-electron chi connectivity index (χ4n) is 1.91. The van der Waals surface area contributed by atoms with Crippen molar-refractivity contribution in [3.05, 3.63) is 72.6 Å². The van der Waals surface area contributed by atoms with Gasteiger partial charge in [0, 0.05) is 11.8 Å². The molecular weight excluding hydrogens is 280 g/mol. The Kier molecular flexibility index (Phi) is 3.78. The Morgan fingerprint density at radius 1 is 0.909 bits per heavy atom. The lowest BCUT2D eigenvalue weighted by molar-refractivity contribution is 0.0690. The minimum atomic E-state index is -1.08. The molecule has 3 aromatic rings. The number of rotatable bonds is 4. The zero-order valence-electron chi connectivity index (χ0n) is 11.5. The summed E-state index contributed by atoms with van der Waals surface area (Å²) in [5, 5.41) is 8.95. The van der Waals surface area contributed by atoms with Gasteiger partial charge in [-0.15, -0.1) is 0 Å². The molecule has 0 amide bonds. The van der Waals surface area contributed by atoms with E-state index in [0.29, 0.717) is 11.6 Å². The summed E-state index contributed by atoms with van der Waals surface area (Å²) in [5.74, 6) is 0.725. The van der Waals surface area contributed by atoms with Gasteiger partial charge in [0.1, 0.15) is 11.5 Å². The van der Waals surface area contributed by atoms with Gasteiger partial charge in [-0.05, 0) is 42.5 Å². The number of ether oxygens (including phenoxy) is 1. The van der Waals surface area contributed by atoms with Gasteiger partial charge in [0.05, 0.1) is 0 Å². The van der Waals surface area contributed by atoms with Crippen molar-refractivity contribution >= 4 is 5.97 Å². The van der Waals surface area contributed by atoms with Gasteiger partial charge >= 0.3 is 5.97 Å². The summed E-state index contributed by atoms with van der Waals surface area (Å²) < 4.78 is 5.70. The van der Waals surface area contributed by atoms with Crippen LogP contribution in [0.5, 0.6) is 11.5 Å². The van der Waals surface area contributed by atoms with Crippen LogP contribution in [0.4, 0.5) is 0 Å². The number of carboxylic acids is 1. The van der Waals surface area contributed by atoms with Crippen molar-refractivity contribution in [2.24, 2.45) is 0 Å². The van der Waals surface area contributed by atoms with Crippen molar-refractivity contribution in [2.45, 2.75) is 0 Å². The molecule has 1 heterocycles. The maximum Gasteiger partial charge on any atom is 0.354 e. The molecule has 0 aliphatic carbocycles. The van der Waals surface area contributed by atoms with E-state index in [-0.39, 0.29) is 5.69 Å². The molecule has 0 spiro atoms. The highest BCUT2D eigenvalue weighted by Gasteiger charge is 2.08. The number of nitrogens with zero attached hydrogens (tertiary/aromatic N) is 2. The Balaban J connectivity index is 1.82. The molecular formula is C17H12N2O3. The highest BCUT2D eigenvalue weighted by atomic mass is 16.5. The molecule has 0 saturated carbocycles. The number of hydrogen-bond acceptors (Lipinski definition) is 4. The molecule has 1 aromatic heterocycles. The van der Waals surface area contributed by atoms with Gasteiger partial charge in [0.2, 0.25) is 0 Å². The average molecular weight is 292 g/mol. The van der Waals surface area contributed by atoms with Crippen molar-refractivity contribution in [2.75, 3.05) is 0 Å². The maximum atomic E-state index is 10.9. The number of aromatic nitrogens is 2. The second kappa shape index (κ2) is 6.05. The molecule has 0 aliphatic heterocycles. The predicted octanol–water partition coefficient (Wildman–Crippen LogP) is 3.63. The van der Waals surface area contributed by atoms with Crippen LogP contribution in [0.1, 0.15) is 10.5 Å². The molecule has 22 heavy (non-hydrogen) atoms. The monoisotopic (exact) mass is 292 g/mol. The van der Waals surface area contributed by atoms with E-state index in [2.05, 4.69) is 9.97 Å². The third kappa shape index (κ3) is 3.09. The molecule has 0 atom stereocenters. The quantitative estimate of drug-likeness (QED) is 0.795. The minimum Gasteiger partial charge on any atom is -0.477 e. The van der Waals surface area contributed by atoms with E-state index in [9.17, 15) is 4.79 Å². The van der Waals surface area contributed by atoms with E-state index >= 15 is 0 Å². The summed E-state index contributed by atoms with van der Waals surface area (Å²) in [6.07, 6.45) is 1.43. The summed E-state index contributed by atoms with van der Waals surface area (Å²) in [6, 6.07) is 18.0. The van der Waals surface area contributed by atoms with Crippen molar-refractivity contribution < 1.29 is 14.6 Å². The lowest BCUT2D eigenvalue weighted by atomic mass is 10.2. The Morgan fingerprint density at radius 3 is 2.27 bits per heavy atom. The third-order valence-corrected chi connectivity index (χ3v) is 2.97. The van der Waals surface area contributed by atoms with Crippen LogP contribution in [0.2, 0.25) is 0 Å². The van der Waals surface area contributed by atoms with Crippen LogP contribution in [-0.4, -0.2) is 21.0 Å². The van der Waals surface area contributed by atoms with Gasteiger partial charge in [-0.1, -0.05) is 18.2 Å². The molecule has 3 rings (SSSR count). The lowest BCUT2D eigenvalue weighted by Crippen LogP contribution is -2.02. The van der Waals surface area contributed by atoms with Crippen molar-refractivity contribution in [1.29, 1.82) is 0 Å². The van der Waals surface area contributed by atoms with E-state index < -0.39 is 5.97 Å². The molecule has 1 N–H and O–H groups in total. The molecule has 5 nitrogen and oxygen atoms in total. The van der Waals surface area contributed by atoms with Gasteiger partial charge in [-0.3, -0.25) is 0 Å². The lowest BCUT2D eigenvalue weighted by Gasteiger charge is -2.06. The highest BCUT2D eigenvalue weighted by Crippen LogP contribution is 2.24. The average Bonchev–Trinajstić information content (AvgIpc) is 2.56. The molecule has 0 fully saturated rings. The topological polar surface area (TPSA) is 72.3 Å². The van der Waals surface area contributed by atoms with E-state index in [0.717, 1.165) is 11.3 Å². The highest BCUT2D eigenvalue weighted by molar-refractivity contribution is 5.85. The number of benzene rings is 2. The van der Waals surface area contributed by atoms with Gasteiger partial charge in [-0.25, -0.2) is 14.8 Å². The summed E-state index contributed by atoms with van der Waals surface area (Å²) in [4.78, 5) is 19.0. The molecule has 0 radical (unpaired) electrons. The molecule has 2 aromatic carbocycles. The van der Waals surface area contributed by atoms with E-state index in [1.807, 2.05) is 30.3 Å². The second-order valence-electron chi connectivity index (χ2n) is 4.51. The van der Waals surface area contributed by atoms with Crippen molar-refractivity contribution in [3.8, 4) is 22.9 Å². The van der Waals surface area contributed by atoms with Crippen LogP contribution < -0.4 is 4.74 Å². The molecule has 0 unspecified atom stereocenters. The summed E-state index contributed by atoms with van der Waals surface area (Å²) >= 11 is 0. The SMILES string of the molecule is O=C(O)c1ccnc(-c2ccc(Oc3ccccc3)cc2)n1. The van der Waals surface area contributed by atoms with Gasteiger partial charge in [-0.2, -0.15) is 0 Å². The smallest absolute Gasteiger partial charge is 0.354 e. The first kappa shape index (κ1) is 13.8. The van der Waals surface area contributed by atoms with Crippen LogP contribution in [0, 0.1) is 0 Å². The van der Waals surface area contributed by atoms with Crippen LogP contribution in [0.3, 0.4) is 0 Å². The second-order valence-corrected chi connectivity index (χ2v) is 4.51. The summed E-state index contributed by atoms with van der Waals surface area (Å²) in [6.45, 7) is 0. The van der Waals surface area contributed by atoms with Crippen LogP contribution in [-0.2, 0) is 0 Å². The Hall–Kier alpha value is -3.21. The number of aromatic carboxylic acids is 1. The largest absolute Gasteiger partial charge is 0.477 e. The molecule has 0 aliphatic rings. The van der Waals surface area contributed by atoms with E-state index in [1.165, 1.54) is 12.3 Å². The first-order valence-electron chi connectivity index (χ1n) is 6.62. The minimum absolute atomic E-state index is 0.0328. The number of carbonyl (C=O) groups is 1. The number of carboxylic acid groups (broad SMARTS) is 1. The van der Waals surface area contributed by atoms with Gasteiger partial charge in [0.15, 0.2) is 11.5 Å². The summed E-state index contributed by atoms with van der Waals surface area (Å²) in [5.41, 5.74) is 0.693. The summed E-state index contributed by atoms with van der Waals surface area (Å²) in [7, 11) is 0. The molecule has 108 valence electrons. The van der Waals surface area contributed by atoms with Crippen LogP contribution in [0.25, 0.3) is 11.4 Å². The molecule has 5 heteroatoms.